The number of anilines is 1. The predicted octanol–water partition coefficient (Wildman–Crippen LogP) is 3.70. The molecule has 1 N–H and O–H groups in total. The number of benzene rings is 2. The van der Waals surface area contributed by atoms with E-state index >= 15 is 0 Å². The second kappa shape index (κ2) is 7.68. The zero-order chi connectivity index (χ0) is 17.7. The van der Waals surface area contributed by atoms with Crippen molar-refractivity contribution in [3.05, 3.63) is 65.2 Å². The van der Waals surface area contributed by atoms with Gasteiger partial charge in [-0.3, -0.25) is 9.59 Å². The molecule has 0 atom stereocenters. The highest BCUT2D eigenvalue weighted by atomic mass is 19.1. The molecule has 6 heteroatoms. The molecule has 0 aliphatic heterocycles. The van der Waals surface area contributed by atoms with Crippen LogP contribution < -0.4 is 5.32 Å². The van der Waals surface area contributed by atoms with Crippen molar-refractivity contribution >= 4 is 17.5 Å². The topological polar surface area (TPSA) is 49.4 Å². The minimum absolute atomic E-state index is 0.123. The van der Waals surface area contributed by atoms with Gasteiger partial charge in [0.15, 0.2) is 0 Å². The molecular weight excluding hydrogens is 314 g/mol. The van der Waals surface area contributed by atoms with Gasteiger partial charge in [-0.05, 0) is 44.2 Å². The molecule has 2 rings (SSSR count). The summed E-state index contributed by atoms with van der Waals surface area (Å²) in [6.07, 6.45) is 0. The highest BCUT2D eigenvalue weighted by Crippen LogP contribution is 2.17. The molecule has 0 aliphatic carbocycles. The van der Waals surface area contributed by atoms with Gasteiger partial charge in [0.2, 0.25) is 0 Å². The maximum Gasteiger partial charge on any atom is 0.255 e. The van der Waals surface area contributed by atoms with Crippen molar-refractivity contribution < 1.29 is 18.4 Å². The molecule has 4 nitrogen and oxygen atoms in total. The van der Waals surface area contributed by atoms with E-state index in [2.05, 4.69) is 5.32 Å². The van der Waals surface area contributed by atoms with E-state index in [0.29, 0.717) is 24.7 Å². The molecule has 0 radical (unpaired) electrons. The average molecular weight is 332 g/mol. The number of carbonyl (C=O) groups is 2. The standard InChI is InChI=1S/C18H18F2N2O2/c1-3-22(4-2)18(24)13-7-5-6-12(10-13)17(23)21-16-9-8-14(19)11-15(16)20/h5-11H,3-4H2,1-2H3,(H,21,23). The Bertz CT molecular complexity index is 758. The second-order valence-electron chi connectivity index (χ2n) is 5.14. The van der Waals surface area contributed by atoms with Gasteiger partial charge in [-0.25, -0.2) is 8.78 Å². The molecule has 0 aliphatic rings. The largest absolute Gasteiger partial charge is 0.339 e. The van der Waals surface area contributed by atoms with Crippen LogP contribution >= 0.6 is 0 Å². The fraction of sp³-hybridized carbons (Fsp3) is 0.222. The number of hydrogen-bond donors (Lipinski definition) is 1. The minimum atomic E-state index is -0.862. The number of carbonyl (C=O) groups excluding carboxylic acids is 2. The molecule has 2 aromatic rings. The molecule has 24 heavy (non-hydrogen) atoms. The summed E-state index contributed by atoms with van der Waals surface area (Å²) in [5, 5.41) is 2.37. The first-order chi connectivity index (χ1) is 11.5. The molecule has 2 aromatic carbocycles. The van der Waals surface area contributed by atoms with Gasteiger partial charge in [0.1, 0.15) is 11.6 Å². The number of hydrogen-bond acceptors (Lipinski definition) is 2. The Kier molecular flexibility index (Phi) is 5.63. The van der Waals surface area contributed by atoms with Crippen LogP contribution in [0.5, 0.6) is 0 Å². The van der Waals surface area contributed by atoms with Crippen LogP contribution in [0.1, 0.15) is 34.6 Å². The van der Waals surface area contributed by atoms with Gasteiger partial charge >= 0.3 is 0 Å². The Labute approximate surface area is 139 Å². The van der Waals surface area contributed by atoms with Crippen LogP contribution in [0.3, 0.4) is 0 Å². The molecule has 0 saturated carbocycles. The van der Waals surface area contributed by atoms with E-state index in [0.717, 1.165) is 12.1 Å². The number of halogens is 2. The summed E-state index contributed by atoms with van der Waals surface area (Å²) in [5.41, 5.74) is 0.476. The lowest BCUT2D eigenvalue weighted by Crippen LogP contribution is -2.30. The average Bonchev–Trinajstić information content (AvgIpc) is 2.58. The zero-order valence-corrected chi connectivity index (χ0v) is 13.5. The lowest BCUT2D eigenvalue weighted by molar-refractivity contribution is 0.0773. The van der Waals surface area contributed by atoms with Crippen molar-refractivity contribution in [2.75, 3.05) is 18.4 Å². The van der Waals surface area contributed by atoms with Gasteiger partial charge in [-0.1, -0.05) is 6.07 Å². The highest BCUT2D eigenvalue weighted by Gasteiger charge is 2.15. The van der Waals surface area contributed by atoms with Gasteiger partial charge in [0, 0.05) is 30.3 Å². The predicted molar refractivity (Wildman–Crippen MR) is 88.0 cm³/mol. The molecule has 0 fully saturated rings. The quantitative estimate of drug-likeness (QED) is 0.907. The third-order valence-corrected chi connectivity index (χ3v) is 3.60. The van der Waals surface area contributed by atoms with E-state index in [1.165, 1.54) is 12.1 Å². The van der Waals surface area contributed by atoms with Crippen LogP contribution in [0.4, 0.5) is 14.5 Å². The van der Waals surface area contributed by atoms with Crippen LogP contribution in [0.25, 0.3) is 0 Å². The fourth-order valence-electron chi connectivity index (χ4n) is 2.27. The molecule has 0 unspecified atom stereocenters. The molecular formula is C18H18F2N2O2. The zero-order valence-electron chi connectivity index (χ0n) is 13.5. The van der Waals surface area contributed by atoms with E-state index in [4.69, 9.17) is 0 Å². The van der Waals surface area contributed by atoms with Gasteiger partial charge in [0.05, 0.1) is 5.69 Å². The van der Waals surface area contributed by atoms with Crippen molar-refractivity contribution in [3.63, 3.8) is 0 Å². The molecule has 126 valence electrons. The number of nitrogens with one attached hydrogen (secondary N) is 1. The van der Waals surface area contributed by atoms with Crippen molar-refractivity contribution in [2.45, 2.75) is 13.8 Å². The Morgan fingerprint density at radius 2 is 1.67 bits per heavy atom. The Balaban J connectivity index is 2.21. The first kappa shape index (κ1) is 17.6. The highest BCUT2D eigenvalue weighted by molar-refractivity contribution is 6.06. The van der Waals surface area contributed by atoms with Crippen molar-refractivity contribution in [2.24, 2.45) is 0 Å². The van der Waals surface area contributed by atoms with E-state index in [-0.39, 0.29) is 17.2 Å². The minimum Gasteiger partial charge on any atom is -0.339 e. The summed E-state index contributed by atoms with van der Waals surface area (Å²) in [7, 11) is 0. The van der Waals surface area contributed by atoms with E-state index in [9.17, 15) is 18.4 Å². The second-order valence-corrected chi connectivity index (χ2v) is 5.14. The van der Waals surface area contributed by atoms with E-state index in [1.54, 1.807) is 17.0 Å². The summed E-state index contributed by atoms with van der Waals surface area (Å²) in [4.78, 5) is 26.2. The third kappa shape index (κ3) is 3.95. The van der Waals surface area contributed by atoms with E-state index in [1.807, 2.05) is 13.8 Å². The molecule has 0 aromatic heterocycles. The monoisotopic (exact) mass is 332 g/mol. The summed E-state index contributed by atoms with van der Waals surface area (Å²) in [6.45, 7) is 4.86. The fourth-order valence-corrected chi connectivity index (χ4v) is 2.27. The van der Waals surface area contributed by atoms with Crippen LogP contribution in [-0.4, -0.2) is 29.8 Å². The van der Waals surface area contributed by atoms with Gasteiger partial charge in [-0.2, -0.15) is 0 Å². The van der Waals surface area contributed by atoms with Crippen LogP contribution in [0.2, 0.25) is 0 Å². The van der Waals surface area contributed by atoms with Crippen LogP contribution in [-0.2, 0) is 0 Å². The molecule has 0 bridgehead atoms. The van der Waals surface area contributed by atoms with Crippen LogP contribution in [0, 0.1) is 11.6 Å². The maximum atomic E-state index is 13.6. The molecule has 0 saturated heterocycles. The number of amides is 2. The lowest BCUT2D eigenvalue weighted by Gasteiger charge is -2.18. The third-order valence-electron chi connectivity index (χ3n) is 3.60. The molecule has 0 spiro atoms. The Morgan fingerprint density at radius 1 is 1.00 bits per heavy atom. The Hall–Kier alpha value is -2.76. The lowest BCUT2D eigenvalue weighted by atomic mass is 10.1. The van der Waals surface area contributed by atoms with Gasteiger partial charge in [0.25, 0.3) is 11.8 Å². The molecule has 0 heterocycles. The Morgan fingerprint density at radius 3 is 2.29 bits per heavy atom. The summed E-state index contributed by atoms with van der Waals surface area (Å²) in [5.74, 6) is -2.34. The van der Waals surface area contributed by atoms with Gasteiger partial charge < -0.3 is 10.2 Å². The first-order valence-electron chi connectivity index (χ1n) is 7.62. The summed E-state index contributed by atoms with van der Waals surface area (Å²) < 4.78 is 26.5. The van der Waals surface area contributed by atoms with Crippen LogP contribution in [0.15, 0.2) is 42.5 Å². The van der Waals surface area contributed by atoms with Crippen molar-refractivity contribution in [1.82, 2.24) is 4.90 Å². The maximum absolute atomic E-state index is 13.6. The van der Waals surface area contributed by atoms with E-state index < -0.39 is 17.5 Å². The summed E-state index contributed by atoms with van der Waals surface area (Å²) in [6, 6.07) is 9.08. The SMILES string of the molecule is CCN(CC)C(=O)c1cccc(C(=O)Nc2ccc(F)cc2F)c1. The first-order valence-corrected chi connectivity index (χ1v) is 7.62. The summed E-state index contributed by atoms with van der Waals surface area (Å²) >= 11 is 0. The number of rotatable bonds is 5. The number of nitrogens with zero attached hydrogens (tertiary/aromatic N) is 1. The van der Waals surface area contributed by atoms with Crippen molar-refractivity contribution in [1.29, 1.82) is 0 Å². The van der Waals surface area contributed by atoms with Gasteiger partial charge in [-0.15, -0.1) is 0 Å². The smallest absolute Gasteiger partial charge is 0.255 e. The molecule has 2 amide bonds. The normalized spacial score (nSPS) is 10.3. The van der Waals surface area contributed by atoms with Crippen molar-refractivity contribution in [3.8, 4) is 0 Å².